The standard InChI is InChI=1S/C7H12N2O2/c8-3-1-2-5-4-6(10)9-7(5)11/h5H,1-4,8H2,(H,9,10,11). The van der Waals surface area contributed by atoms with Gasteiger partial charge in [-0.1, -0.05) is 0 Å². The minimum Gasteiger partial charge on any atom is -0.330 e. The number of carbonyl (C=O) groups is 2. The second kappa shape index (κ2) is 3.48. The van der Waals surface area contributed by atoms with Crippen molar-refractivity contribution in [1.29, 1.82) is 0 Å². The SMILES string of the molecule is NCCCC1CC(=O)NC1=O. The molecule has 1 aliphatic rings. The highest BCUT2D eigenvalue weighted by Crippen LogP contribution is 2.15. The van der Waals surface area contributed by atoms with Gasteiger partial charge in [0.25, 0.3) is 0 Å². The van der Waals surface area contributed by atoms with E-state index in [4.69, 9.17) is 5.73 Å². The molecule has 0 aromatic rings. The molecule has 0 spiro atoms. The maximum absolute atomic E-state index is 10.9. The van der Waals surface area contributed by atoms with E-state index in [1.807, 2.05) is 0 Å². The van der Waals surface area contributed by atoms with E-state index in [9.17, 15) is 9.59 Å². The molecule has 1 fully saturated rings. The second-order valence-electron chi connectivity index (χ2n) is 2.74. The first-order valence-corrected chi connectivity index (χ1v) is 3.78. The summed E-state index contributed by atoms with van der Waals surface area (Å²) in [5.74, 6) is -0.411. The Morgan fingerprint density at radius 1 is 1.55 bits per heavy atom. The fourth-order valence-electron chi connectivity index (χ4n) is 1.20. The fourth-order valence-corrected chi connectivity index (χ4v) is 1.20. The number of hydrogen-bond acceptors (Lipinski definition) is 3. The van der Waals surface area contributed by atoms with E-state index >= 15 is 0 Å². The Morgan fingerprint density at radius 3 is 2.73 bits per heavy atom. The van der Waals surface area contributed by atoms with Crippen LogP contribution in [0.25, 0.3) is 0 Å². The third kappa shape index (κ3) is 2.01. The minimum absolute atomic E-state index is 0.119. The van der Waals surface area contributed by atoms with Crippen LogP contribution in [0.4, 0.5) is 0 Å². The predicted molar refractivity (Wildman–Crippen MR) is 39.5 cm³/mol. The van der Waals surface area contributed by atoms with Gasteiger partial charge < -0.3 is 5.73 Å². The van der Waals surface area contributed by atoms with Gasteiger partial charge in [0.05, 0.1) is 0 Å². The van der Waals surface area contributed by atoms with Crippen molar-refractivity contribution in [3.05, 3.63) is 0 Å². The van der Waals surface area contributed by atoms with Crippen molar-refractivity contribution < 1.29 is 9.59 Å². The Balaban J connectivity index is 2.34. The zero-order valence-electron chi connectivity index (χ0n) is 6.30. The van der Waals surface area contributed by atoms with Crippen LogP contribution in [0.1, 0.15) is 19.3 Å². The van der Waals surface area contributed by atoms with Crippen molar-refractivity contribution in [3.8, 4) is 0 Å². The number of rotatable bonds is 3. The van der Waals surface area contributed by atoms with Gasteiger partial charge in [-0.2, -0.15) is 0 Å². The summed E-state index contributed by atoms with van der Waals surface area (Å²) in [7, 11) is 0. The minimum atomic E-state index is -0.156. The molecule has 0 saturated carbocycles. The van der Waals surface area contributed by atoms with E-state index < -0.39 is 0 Å². The average molecular weight is 156 g/mol. The number of nitrogens with one attached hydrogen (secondary N) is 1. The molecule has 0 aliphatic carbocycles. The van der Waals surface area contributed by atoms with Gasteiger partial charge in [-0.25, -0.2) is 0 Å². The first-order valence-electron chi connectivity index (χ1n) is 3.78. The lowest BCUT2D eigenvalue weighted by Gasteiger charge is -2.01. The molecule has 4 heteroatoms. The van der Waals surface area contributed by atoms with E-state index in [0.29, 0.717) is 13.0 Å². The van der Waals surface area contributed by atoms with E-state index in [-0.39, 0.29) is 17.7 Å². The molecule has 0 bridgehead atoms. The van der Waals surface area contributed by atoms with Crippen LogP contribution < -0.4 is 11.1 Å². The summed E-state index contributed by atoms with van der Waals surface area (Å²) in [5.41, 5.74) is 5.27. The number of amides is 2. The third-order valence-electron chi connectivity index (χ3n) is 1.82. The largest absolute Gasteiger partial charge is 0.330 e. The zero-order valence-corrected chi connectivity index (χ0v) is 6.30. The van der Waals surface area contributed by atoms with E-state index in [0.717, 1.165) is 12.8 Å². The molecule has 1 rings (SSSR count). The summed E-state index contributed by atoms with van der Waals surface area (Å²) in [4.78, 5) is 21.6. The Hall–Kier alpha value is -0.900. The Labute approximate surface area is 65.1 Å². The monoisotopic (exact) mass is 156 g/mol. The summed E-state index contributed by atoms with van der Waals surface area (Å²) in [6.45, 7) is 0.581. The molecule has 3 N–H and O–H groups in total. The smallest absolute Gasteiger partial charge is 0.230 e. The summed E-state index contributed by atoms with van der Waals surface area (Å²) in [6, 6.07) is 0. The van der Waals surface area contributed by atoms with Gasteiger partial charge in [0, 0.05) is 12.3 Å². The molecule has 1 aliphatic heterocycles. The fraction of sp³-hybridized carbons (Fsp3) is 0.714. The summed E-state index contributed by atoms with van der Waals surface area (Å²) < 4.78 is 0. The number of carbonyl (C=O) groups excluding carboxylic acids is 2. The summed E-state index contributed by atoms with van der Waals surface area (Å²) >= 11 is 0. The lowest BCUT2D eigenvalue weighted by Crippen LogP contribution is -2.22. The molecule has 1 atom stereocenters. The van der Waals surface area contributed by atoms with Crippen LogP contribution in [0.2, 0.25) is 0 Å². The van der Waals surface area contributed by atoms with Gasteiger partial charge in [-0.15, -0.1) is 0 Å². The molecule has 0 radical (unpaired) electrons. The first-order chi connectivity index (χ1) is 5.24. The molecule has 11 heavy (non-hydrogen) atoms. The van der Waals surface area contributed by atoms with Gasteiger partial charge in [-0.3, -0.25) is 14.9 Å². The molecule has 1 heterocycles. The highest BCUT2D eigenvalue weighted by Gasteiger charge is 2.29. The normalized spacial score (nSPS) is 23.9. The quantitative estimate of drug-likeness (QED) is 0.535. The van der Waals surface area contributed by atoms with Crippen LogP contribution in [0, 0.1) is 5.92 Å². The first kappa shape index (κ1) is 8.20. The lowest BCUT2D eigenvalue weighted by molar-refractivity contribution is -0.125. The van der Waals surface area contributed by atoms with Crippen LogP contribution in [0.15, 0.2) is 0 Å². The number of imide groups is 1. The highest BCUT2D eigenvalue weighted by atomic mass is 16.2. The number of nitrogens with two attached hydrogens (primary N) is 1. The Bertz CT molecular complexity index is 179. The molecule has 1 saturated heterocycles. The second-order valence-corrected chi connectivity index (χ2v) is 2.74. The van der Waals surface area contributed by atoms with Crippen molar-refractivity contribution in [2.24, 2.45) is 11.7 Å². The van der Waals surface area contributed by atoms with Gasteiger partial charge in [0.1, 0.15) is 0 Å². The molecular formula is C7H12N2O2. The summed E-state index contributed by atoms with van der Waals surface area (Å²) in [5, 5.41) is 2.26. The van der Waals surface area contributed by atoms with Gasteiger partial charge in [-0.05, 0) is 19.4 Å². The van der Waals surface area contributed by atoms with E-state index in [2.05, 4.69) is 5.32 Å². The van der Waals surface area contributed by atoms with Crippen LogP contribution in [0.3, 0.4) is 0 Å². The maximum atomic E-state index is 10.9. The molecule has 2 amide bonds. The van der Waals surface area contributed by atoms with Crippen molar-refractivity contribution in [2.75, 3.05) is 6.54 Å². The average Bonchev–Trinajstić information content (AvgIpc) is 2.26. The lowest BCUT2D eigenvalue weighted by atomic mass is 10.0. The number of hydrogen-bond donors (Lipinski definition) is 2. The predicted octanol–water partition coefficient (Wildman–Crippen LogP) is -0.612. The summed E-state index contributed by atoms with van der Waals surface area (Å²) in [6.07, 6.45) is 1.89. The molecule has 0 aromatic heterocycles. The van der Waals surface area contributed by atoms with Crippen LogP contribution in [0.5, 0.6) is 0 Å². The molecular weight excluding hydrogens is 144 g/mol. The van der Waals surface area contributed by atoms with Gasteiger partial charge >= 0.3 is 0 Å². The third-order valence-corrected chi connectivity index (χ3v) is 1.82. The van der Waals surface area contributed by atoms with Crippen molar-refractivity contribution in [3.63, 3.8) is 0 Å². The molecule has 1 unspecified atom stereocenters. The van der Waals surface area contributed by atoms with Crippen molar-refractivity contribution >= 4 is 11.8 Å². The highest BCUT2D eigenvalue weighted by molar-refractivity contribution is 6.03. The van der Waals surface area contributed by atoms with E-state index in [1.54, 1.807) is 0 Å². The zero-order chi connectivity index (χ0) is 8.27. The van der Waals surface area contributed by atoms with Crippen molar-refractivity contribution in [1.82, 2.24) is 5.32 Å². The van der Waals surface area contributed by atoms with E-state index in [1.165, 1.54) is 0 Å². The molecule has 0 aromatic carbocycles. The van der Waals surface area contributed by atoms with Gasteiger partial charge in [0.2, 0.25) is 11.8 Å². The maximum Gasteiger partial charge on any atom is 0.230 e. The van der Waals surface area contributed by atoms with Crippen LogP contribution >= 0.6 is 0 Å². The Kier molecular flexibility index (Phi) is 2.59. The topological polar surface area (TPSA) is 72.2 Å². The molecule has 4 nitrogen and oxygen atoms in total. The van der Waals surface area contributed by atoms with Crippen LogP contribution in [-0.4, -0.2) is 18.4 Å². The van der Waals surface area contributed by atoms with Gasteiger partial charge in [0.15, 0.2) is 0 Å². The Morgan fingerprint density at radius 2 is 2.27 bits per heavy atom. The van der Waals surface area contributed by atoms with Crippen LogP contribution in [-0.2, 0) is 9.59 Å². The molecule has 62 valence electrons. The van der Waals surface area contributed by atoms with Crippen molar-refractivity contribution in [2.45, 2.75) is 19.3 Å².